The number of hydrogen-bond acceptors (Lipinski definition) is 3. The van der Waals surface area contributed by atoms with E-state index in [1.165, 1.54) is 32.1 Å². The van der Waals surface area contributed by atoms with Gasteiger partial charge in [-0.2, -0.15) is 0 Å². The Morgan fingerprint density at radius 2 is 2.14 bits per heavy atom. The molecule has 0 bridgehead atoms. The lowest BCUT2D eigenvalue weighted by atomic mass is 10.1. The SMILES string of the molecule is CCCCCCC(C)NC(=NC)NCc1cc(CC)no1. The molecule has 1 aromatic heterocycles. The largest absolute Gasteiger partial charge is 0.359 e. The zero-order chi connectivity index (χ0) is 15.5. The zero-order valence-electron chi connectivity index (χ0n) is 13.9. The van der Waals surface area contributed by atoms with Gasteiger partial charge in [-0.15, -0.1) is 0 Å². The van der Waals surface area contributed by atoms with Crippen LogP contribution in [0.25, 0.3) is 0 Å². The van der Waals surface area contributed by atoms with Crippen molar-refractivity contribution in [1.82, 2.24) is 15.8 Å². The van der Waals surface area contributed by atoms with Crippen LogP contribution in [0.1, 0.15) is 64.3 Å². The lowest BCUT2D eigenvalue weighted by molar-refractivity contribution is 0.374. The van der Waals surface area contributed by atoms with E-state index in [2.05, 4.69) is 41.6 Å². The average molecular weight is 294 g/mol. The van der Waals surface area contributed by atoms with E-state index in [4.69, 9.17) is 4.52 Å². The zero-order valence-corrected chi connectivity index (χ0v) is 13.9. The molecular weight excluding hydrogens is 264 g/mol. The molecule has 0 spiro atoms. The molecule has 0 amide bonds. The number of nitrogens with one attached hydrogen (secondary N) is 2. The molecular formula is C16H30N4O. The highest BCUT2D eigenvalue weighted by Crippen LogP contribution is 2.06. The van der Waals surface area contributed by atoms with E-state index in [0.717, 1.165) is 23.8 Å². The quantitative estimate of drug-likeness (QED) is 0.417. The maximum absolute atomic E-state index is 5.25. The van der Waals surface area contributed by atoms with Crippen LogP contribution in [0, 0.1) is 0 Å². The molecule has 0 saturated heterocycles. The number of aliphatic imine (C=N–C) groups is 1. The molecule has 0 fully saturated rings. The Morgan fingerprint density at radius 1 is 1.33 bits per heavy atom. The maximum Gasteiger partial charge on any atom is 0.191 e. The molecule has 0 aliphatic carbocycles. The molecule has 1 unspecified atom stereocenters. The van der Waals surface area contributed by atoms with Crippen LogP contribution in [0.5, 0.6) is 0 Å². The Balaban J connectivity index is 2.27. The van der Waals surface area contributed by atoms with Gasteiger partial charge in [0.1, 0.15) is 0 Å². The minimum absolute atomic E-state index is 0.425. The molecule has 0 aromatic carbocycles. The fraction of sp³-hybridized carbons (Fsp3) is 0.750. The van der Waals surface area contributed by atoms with Crippen molar-refractivity contribution in [2.75, 3.05) is 7.05 Å². The van der Waals surface area contributed by atoms with Crippen LogP contribution in [0.15, 0.2) is 15.6 Å². The molecule has 1 heterocycles. The Labute approximate surface area is 128 Å². The first-order valence-corrected chi connectivity index (χ1v) is 8.11. The fourth-order valence-electron chi connectivity index (χ4n) is 2.15. The number of aromatic nitrogens is 1. The summed E-state index contributed by atoms with van der Waals surface area (Å²) in [5.74, 6) is 1.65. The average Bonchev–Trinajstić information content (AvgIpc) is 2.96. The van der Waals surface area contributed by atoms with Crippen LogP contribution >= 0.6 is 0 Å². The summed E-state index contributed by atoms with van der Waals surface area (Å²) in [6, 6.07) is 2.41. The molecule has 0 aliphatic heterocycles. The first-order chi connectivity index (χ1) is 10.2. The number of aryl methyl sites for hydroxylation is 1. The van der Waals surface area contributed by atoms with E-state index in [1.54, 1.807) is 7.05 Å². The van der Waals surface area contributed by atoms with Gasteiger partial charge in [0.25, 0.3) is 0 Å². The molecule has 0 radical (unpaired) electrons. The number of rotatable bonds is 9. The van der Waals surface area contributed by atoms with Crippen LogP contribution < -0.4 is 10.6 Å². The molecule has 21 heavy (non-hydrogen) atoms. The van der Waals surface area contributed by atoms with Crippen molar-refractivity contribution in [1.29, 1.82) is 0 Å². The number of hydrogen-bond donors (Lipinski definition) is 2. The van der Waals surface area contributed by atoms with E-state index in [0.29, 0.717) is 12.6 Å². The van der Waals surface area contributed by atoms with Crippen LogP contribution in [0.2, 0.25) is 0 Å². The molecule has 5 heteroatoms. The van der Waals surface area contributed by atoms with Gasteiger partial charge in [-0.1, -0.05) is 44.7 Å². The lowest BCUT2D eigenvalue weighted by Gasteiger charge is -2.17. The summed E-state index contributed by atoms with van der Waals surface area (Å²) in [7, 11) is 1.79. The molecule has 0 saturated carbocycles. The van der Waals surface area contributed by atoms with E-state index < -0.39 is 0 Å². The van der Waals surface area contributed by atoms with Crippen molar-refractivity contribution < 1.29 is 4.52 Å². The summed E-state index contributed by atoms with van der Waals surface area (Å²) in [5.41, 5.74) is 0.985. The second-order valence-electron chi connectivity index (χ2n) is 5.46. The lowest BCUT2D eigenvalue weighted by Crippen LogP contribution is -2.41. The van der Waals surface area contributed by atoms with E-state index in [1.807, 2.05) is 6.07 Å². The third-order valence-electron chi connectivity index (χ3n) is 3.50. The smallest absolute Gasteiger partial charge is 0.191 e. The third kappa shape index (κ3) is 7.16. The molecule has 1 rings (SSSR count). The second kappa shape index (κ2) is 10.2. The standard InChI is InChI=1S/C16H30N4O/c1-5-7-8-9-10-13(3)19-16(17-4)18-12-15-11-14(6-2)20-21-15/h11,13H,5-10,12H2,1-4H3,(H2,17,18,19). The highest BCUT2D eigenvalue weighted by molar-refractivity contribution is 5.79. The maximum atomic E-state index is 5.25. The Kier molecular flexibility index (Phi) is 8.55. The van der Waals surface area contributed by atoms with Crippen molar-refractivity contribution in [3.8, 4) is 0 Å². The van der Waals surface area contributed by atoms with Gasteiger partial charge >= 0.3 is 0 Å². The van der Waals surface area contributed by atoms with Crippen molar-refractivity contribution in [3.63, 3.8) is 0 Å². The van der Waals surface area contributed by atoms with Gasteiger partial charge in [-0.05, 0) is 19.8 Å². The van der Waals surface area contributed by atoms with Crippen LogP contribution in [0.3, 0.4) is 0 Å². The van der Waals surface area contributed by atoms with Crippen molar-refractivity contribution >= 4 is 5.96 Å². The predicted molar refractivity (Wildman–Crippen MR) is 87.4 cm³/mol. The molecule has 120 valence electrons. The second-order valence-corrected chi connectivity index (χ2v) is 5.46. The number of nitrogens with zero attached hydrogens (tertiary/aromatic N) is 2. The van der Waals surface area contributed by atoms with E-state index >= 15 is 0 Å². The van der Waals surface area contributed by atoms with Gasteiger partial charge in [-0.3, -0.25) is 4.99 Å². The highest BCUT2D eigenvalue weighted by atomic mass is 16.5. The monoisotopic (exact) mass is 294 g/mol. The molecule has 1 aromatic rings. The van der Waals surface area contributed by atoms with E-state index in [9.17, 15) is 0 Å². The van der Waals surface area contributed by atoms with Crippen molar-refractivity contribution in [3.05, 3.63) is 17.5 Å². The summed E-state index contributed by atoms with van der Waals surface area (Å²) in [6.07, 6.45) is 7.24. The number of unbranched alkanes of at least 4 members (excludes halogenated alkanes) is 3. The highest BCUT2D eigenvalue weighted by Gasteiger charge is 2.07. The molecule has 0 aliphatic rings. The summed E-state index contributed by atoms with van der Waals surface area (Å²) < 4.78 is 5.25. The number of guanidine groups is 1. The first kappa shape index (κ1) is 17.5. The van der Waals surface area contributed by atoms with Gasteiger partial charge in [-0.25, -0.2) is 0 Å². The summed E-state index contributed by atoms with van der Waals surface area (Å²) >= 11 is 0. The minimum Gasteiger partial charge on any atom is -0.359 e. The van der Waals surface area contributed by atoms with Crippen LogP contribution in [-0.2, 0) is 13.0 Å². The van der Waals surface area contributed by atoms with Gasteiger partial charge in [0.2, 0.25) is 0 Å². The fourth-order valence-corrected chi connectivity index (χ4v) is 2.15. The summed E-state index contributed by atoms with van der Waals surface area (Å²) in [4.78, 5) is 4.25. The van der Waals surface area contributed by atoms with Gasteiger partial charge in [0, 0.05) is 19.2 Å². The van der Waals surface area contributed by atoms with Crippen LogP contribution in [0.4, 0.5) is 0 Å². The Hall–Kier alpha value is -1.52. The minimum atomic E-state index is 0.425. The van der Waals surface area contributed by atoms with Crippen molar-refractivity contribution in [2.24, 2.45) is 4.99 Å². The van der Waals surface area contributed by atoms with E-state index in [-0.39, 0.29) is 0 Å². The third-order valence-corrected chi connectivity index (χ3v) is 3.50. The first-order valence-electron chi connectivity index (χ1n) is 8.11. The normalized spacial score (nSPS) is 13.2. The molecule has 2 N–H and O–H groups in total. The summed E-state index contributed by atoms with van der Waals surface area (Å²) in [6.45, 7) is 7.11. The Bertz CT molecular complexity index is 414. The van der Waals surface area contributed by atoms with Gasteiger partial charge in [0.15, 0.2) is 11.7 Å². The van der Waals surface area contributed by atoms with Gasteiger partial charge in [0.05, 0.1) is 12.2 Å². The Morgan fingerprint density at radius 3 is 2.76 bits per heavy atom. The summed E-state index contributed by atoms with van der Waals surface area (Å²) in [5, 5.41) is 10.7. The van der Waals surface area contributed by atoms with Crippen LogP contribution in [-0.4, -0.2) is 24.2 Å². The van der Waals surface area contributed by atoms with Gasteiger partial charge < -0.3 is 15.2 Å². The predicted octanol–water partition coefficient (Wildman–Crippen LogP) is 3.26. The molecule has 1 atom stereocenters. The topological polar surface area (TPSA) is 62.5 Å². The van der Waals surface area contributed by atoms with Crippen molar-refractivity contribution in [2.45, 2.75) is 71.9 Å². The molecule has 5 nitrogen and oxygen atoms in total.